The van der Waals surface area contributed by atoms with Crippen molar-refractivity contribution >= 4 is 33.3 Å². The van der Waals surface area contributed by atoms with Crippen molar-refractivity contribution < 1.29 is 14.6 Å². The second-order valence-corrected chi connectivity index (χ2v) is 7.78. The maximum absolute atomic E-state index is 12.2. The van der Waals surface area contributed by atoms with Gasteiger partial charge in [-0.15, -0.1) is 11.3 Å². The van der Waals surface area contributed by atoms with Crippen LogP contribution in [0.25, 0.3) is 10.2 Å². The van der Waals surface area contributed by atoms with E-state index in [1.54, 1.807) is 17.7 Å². The van der Waals surface area contributed by atoms with Gasteiger partial charge in [-0.2, -0.15) is 0 Å². The number of benzene rings is 1. The normalized spacial score (nSPS) is 14.7. The van der Waals surface area contributed by atoms with Crippen molar-refractivity contribution in [3.05, 3.63) is 52.7 Å². The number of carbonyl (C=O) groups is 1. The minimum absolute atomic E-state index is 0.000499. The summed E-state index contributed by atoms with van der Waals surface area (Å²) in [5, 5.41) is 14.3. The quantitative estimate of drug-likeness (QED) is 0.663. The van der Waals surface area contributed by atoms with Gasteiger partial charge in [0.05, 0.1) is 24.6 Å². The molecule has 2 N–H and O–H groups in total. The van der Waals surface area contributed by atoms with E-state index in [-0.39, 0.29) is 25.2 Å². The van der Waals surface area contributed by atoms with E-state index in [2.05, 4.69) is 15.3 Å². The summed E-state index contributed by atoms with van der Waals surface area (Å²) >= 11 is 1.60. The molecule has 1 aliphatic heterocycles. The molecule has 1 unspecified atom stereocenters. The number of amides is 1. The fraction of sp³-hybridized carbons (Fsp3) is 0.350. The summed E-state index contributed by atoms with van der Waals surface area (Å²) in [6.45, 7) is 1.28. The molecule has 3 aromatic rings. The Hall–Kier alpha value is -2.55. The number of rotatable bonds is 6. The number of aromatic nitrogens is 2. The first-order valence-corrected chi connectivity index (χ1v) is 9.97. The van der Waals surface area contributed by atoms with Crippen molar-refractivity contribution in [3.63, 3.8) is 0 Å². The number of nitrogens with one attached hydrogen (secondary N) is 1. The third-order valence-electron chi connectivity index (χ3n) is 4.95. The number of nitrogens with zero attached hydrogens (tertiary/aromatic N) is 3. The first kappa shape index (κ1) is 18.8. The zero-order valence-electron chi connectivity index (χ0n) is 15.6. The van der Waals surface area contributed by atoms with E-state index < -0.39 is 0 Å². The van der Waals surface area contributed by atoms with Gasteiger partial charge < -0.3 is 20.1 Å². The zero-order valence-corrected chi connectivity index (χ0v) is 16.4. The van der Waals surface area contributed by atoms with E-state index in [1.165, 1.54) is 12.7 Å². The number of thiophene rings is 1. The summed E-state index contributed by atoms with van der Waals surface area (Å²) in [7, 11) is 1.53. The Morgan fingerprint density at radius 1 is 1.36 bits per heavy atom. The molecule has 1 amide bonds. The highest BCUT2D eigenvalue weighted by atomic mass is 32.1. The van der Waals surface area contributed by atoms with Gasteiger partial charge in [0.15, 0.2) is 0 Å². The van der Waals surface area contributed by atoms with Gasteiger partial charge in [0, 0.05) is 18.5 Å². The number of hydrogen-bond acceptors (Lipinski definition) is 7. The third-order valence-corrected chi connectivity index (χ3v) is 6.08. The van der Waals surface area contributed by atoms with Gasteiger partial charge in [0.1, 0.15) is 23.6 Å². The molecule has 0 aliphatic carbocycles. The van der Waals surface area contributed by atoms with Gasteiger partial charge in [-0.3, -0.25) is 4.79 Å². The van der Waals surface area contributed by atoms with E-state index in [1.807, 2.05) is 35.2 Å². The van der Waals surface area contributed by atoms with Crippen molar-refractivity contribution in [1.29, 1.82) is 0 Å². The Morgan fingerprint density at radius 3 is 2.93 bits per heavy atom. The monoisotopic (exact) mass is 398 g/mol. The molecule has 0 fully saturated rings. The Morgan fingerprint density at radius 2 is 2.18 bits per heavy atom. The number of anilines is 1. The van der Waals surface area contributed by atoms with Gasteiger partial charge in [-0.1, -0.05) is 30.3 Å². The van der Waals surface area contributed by atoms with Crippen LogP contribution >= 0.6 is 11.3 Å². The second kappa shape index (κ2) is 8.22. The molecule has 28 heavy (non-hydrogen) atoms. The first-order chi connectivity index (χ1) is 13.7. The van der Waals surface area contributed by atoms with E-state index >= 15 is 0 Å². The molecule has 3 heterocycles. The summed E-state index contributed by atoms with van der Waals surface area (Å²) in [5.74, 6) is 0.724. The summed E-state index contributed by atoms with van der Waals surface area (Å²) < 4.78 is 4.98. The highest BCUT2D eigenvalue weighted by molar-refractivity contribution is 7.19. The number of ether oxygens (including phenoxy) is 1. The minimum atomic E-state index is -0.252. The molecule has 7 nitrogen and oxygen atoms in total. The van der Waals surface area contributed by atoms with Crippen LogP contribution in [0.15, 0.2) is 36.7 Å². The summed E-state index contributed by atoms with van der Waals surface area (Å²) in [4.78, 5) is 24.9. The summed E-state index contributed by atoms with van der Waals surface area (Å²) in [6, 6.07) is 9.56. The molecular weight excluding hydrogens is 376 g/mol. The van der Waals surface area contributed by atoms with Crippen LogP contribution in [0.2, 0.25) is 0 Å². The van der Waals surface area contributed by atoms with E-state index in [9.17, 15) is 9.90 Å². The Balaban J connectivity index is 1.65. The lowest BCUT2D eigenvalue weighted by atomic mass is 10.0. The highest BCUT2D eigenvalue weighted by Gasteiger charge is 2.26. The topological polar surface area (TPSA) is 87.6 Å². The first-order valence-electron chi connectivity index (χ1n) is 9.15. The van der Waals surface area contributed by atoms with E-state index in [0.29, 0.717) is 13.1 Å². The maximum atomic E-state index is 12.2. The fourth-order valence-corrected chi connectivity index (χ4v) is 4.75. The van der Waals surface area contributed by atoms with Crippen molar-refractivity contribution in [2.24, 2.45) is 0 Å². The van der Waals surface area contributed by atoms with Gasteiger partial charge in [0.25, 0.3) is 0 Å². The van der Waals surface area contributed by atoms with Gasteiger partial charge in [-0.25, -0.2) is 9.97 Å². The third kappa shape index (κ3) is 3.58. The van der Waals surface area contributed by atoms with E-state index in [4.69, 9.17) is 4.74 Å². The smallest absolute Gasteiger partial charge is 0.248 e. The highest BCUT2D eigenvalue weighted by Crippen LogP contribution is 2.38. The maximum Gasteiger partial charge on any atom is 0.248 e. The Kier molecular flexibility index (Phi) is 5.52. The molecule has 4 rings (SSSR count). The number of methoxy groups -OCH3 is 1. The van der Waals surface area contributed by atoms with Gasteiger partial charge in [0.2, 0.25) is 5.91 Å². The largest absolute Gasteiger partial charge is 0.394 e. The molecule has 0 spiro atoms. The number of fused-ring (bicyclic) bond motifs is 3. The molecule has 2 aromatic heterocycles. The number of hydrogen-bond donors (Lipinski definition) is 2. The van der Waals surface area contributed by atoms with Crippen molar-refractivity contribution in [1.82, 2.24) is 14.9 Å². The lowest BCUT2D eigenvalue weighted by Crippen LogP contribution is -2.37. The Labute approximate surface area is 167 Å². The average molecular weight is 398 g/mol. The number of aliphatic hydroxyl groups excluding tert-OH is 1. The van der Waals surface area contributed by atoms with E-state index in [0.717, 1.165) is 32.9 Å². The fourth-order valence-electron chi connectivity index (χ4n) is 3.55. The molecule has 0 saturated heterocycles. The molecular formula is C20H22N4O3S. The lowest BCUT2D eigenvalue weighted by Gasteiger charge is -2.27. The molecule has 1 aliphatic rings. The Bertz CT molecular complexity index is 976. The van der Waals surface area contributed by atoms with Crippen LogP contribution in [0.1, 0.15) is 22.0 Å². The van der Waals surface area contributed by atoms with Crippen LogP contribution in [0.3, 0.4) is 0 Å². The van der Waals surface area contributed by atoms with Crippen LogP contribution in [-0.2, 0) is 22.5 Å². The van der Waals surface area contributed by atoms with Crippen LogP contribution in [0.4, 0.5) is 5.82 Å². The van der Waals surface area contributed by atoms with Crippen LogP contribution in [0.5, 0.6) is 0 Å². The summed E-state index contributed by atoms with van der Waals surface area (Å²) in [6.07, 6.45) is 2.29. The van der Waals surface area contributed by atoms with Gasteiger partial charge >= 0.3 is 0 Å². The SMILES string of the molecule is COCC(=O)N1CCc2c(sc3ncnc(NC(CO)c4ccccc4)c23)C1. The number of carbonyl (C=O) groups excluding carboxylic acids is 1. The van der Waals surface area contributed by atoms with Crippen molar-refractivity contribution in [2.75, 3.05) is 32.2 Å². The van der Waals surface area contributed by atoms with Crippen LogP contribution < -0.4 is 5.32 Å². The molecule has 1 aromatic carbocycles. The van der Waals surface area contributed by atoms with Crippen LogP contribution in [-0.4, -0.2) is 52.7 Å². The minimum Gasteiger partial charge on any atom is -0.394 e. The summed E-state index contributed by atoms with van der Waals surface area (Å²) in [5.41, 5.74) is 2.19. The van der Waals surface area contributed by atoms with Gasteiger partial charge in [-0.05, 0) is 17.5 Å². The standard InChI is InChI=1S/C20H22N4O3S/c1-27-11-17(26)24-8-7-14-16(9-24)28-20-18(14)19(21-12-22-20)23-15(10-25)13-5-3-2-4-6-13/h2-6,12,15,25H,7-11H2,1H3,(H,21,22,23). The molecule has 146 valence electrons. The average Bonchev–Trinajstić information content (AvgIpc) is 3.11. The molecule has 0 saturated carbocycles. The number of aliphatic hydroxyl groups is 1. The second-order valence-electron chi connectivity index (χ2n) is 6.69. The molecule has 8 heteroatoms. The predicted molar refractivity (Wildman–Crippen MR) is 108 cm³/mol. The zero-order chi connectivity index (χ0) is 19.5. The molecule has 1 atom stereocenters. The molecule has 0 radical (unpaired) electrons. The van der Waals surface area contributed by atoms with Crippen molar-refractivity contribution in [2.45, 2.75) is 19.0 Å². The molecule has 0 bridgehead atoms. The lowest BCUT2D eigenvalue weighted by molar-refractivity contribution is -0.136. The van der Waals surface area contributed by atoms with Crippen LogP contribution in [0, 0.1) is 0 Å². The predicted octanol–water partition coefficient (Wildman–Crippen LogP) is 2.37. The van der Waals surface area contributed by atoms with Crippen molar-refractivity contribution in [3.8, 4) is 0 Å².